The molecule has 0 saturated carbocycles. The molecule has 0 amide bonds. The van der Waals surface area contributed by atoms with Gasteiger partial charge in [-0.3, -0.25) is 0 Å². The lowest BCUT2D eigenvalue weighted by molar-refractivity contribution is 0.413. The molecule has 0 saturated heterocycles. The molecular weight excluding hydrogens is 276 g/mol. The number of aromatic amines is 1. The lowest BCUT2D eigenvalue weighted by atomic mass is 10.1. The third kappa shape index (κ3) is 3.97. The number of H-pyrrole nitrogens is 1. The third-order valence-corrected chi connectivity index (χ3v) is 3.49. The van der Waals surface area contributed by atoms with E-state index in [-0.39, 0.29) is 6.04 Å². The normalized spacial score (nSPS) is 11.5. The molecule has 0 bridgehead atoms. The highest BCUT2D eigenvalue weighted by atomic mass is 16.5. The van der Waals surface area contributed by atoms with E-state index in [1.165, 1.54) is 5.56 Å². The Kier molecular flexibility index (Phi) is 5.36. The van der Waals surface area contributed by atoms with Crippen molar-refractivity contribution >= 4 is 0 Å². The number of hydrogen-bond donors (Lipinski definition) is 1. The summed E-state index contributed by atoms with van der Waals surface area (Å²) in [6.45, 7) is 6.08. The first-order chi connectivity index (χ1) is 10.6. The van der Waals surface area contributed by atoms with Crippen LogP contribution in [0.25, 0.3) is 0 Å². The maximum absolute atomic E-state index is 5.23. The molecule has 0 aliphatic rings. The zero-order chi connectivity index (χ0) is 15.9. The number of nitrogens with one attached hydrogen (secondary N) is 1. The first kappa shape index (κ1) is 15.8. The van der Waals surface area contributed by atoms with Gasteiger partial charge in [0.15, 0.2) is 0 Å². The van der Waals surface area contributed by atoms with E-state index in [4.69, 9.17) is 4.74 Å². The number of benzene rings is 1. The summed E-state index contributed by atoms with van der Waals surface area (Å²) in [5.41, 5.74) is 1.22. The van der Waals surface area contributed by atoms with Crippen LogP contribution in [0, 0.1) is 13.8 Å². The fourth-order valence-electron chi connectivity index (χ4n) is 2.20. The Morgan fingerprint density at radius 2 is 2.00 bits per heavy atom. The van der Waals surface area contributed by atoms with E-state index >= 15 is 0 Å². The summed E-state index contributed by atoms with van der Waals surface area (Å²) in [6, 6.07) is 8.41. The van der Waals surface area contributed by atoms with Crippen molar-refractivity contribution < 1.29 is 4.74 Å². The molecule has 2 aromatic heterocycles. The van der Waals surface area contributed by atoms with E-state index in [1.54, 1.807) is 19.5 Å². The molecule has 1 atom stereocenters. The van der Waals surface area contributed by atoms with Crippen molar-refractivity contribution in [3.63, 3.8) is 0 Å². The van der Waals surface area contributed by atoms with Gasteiger partial charge in [0.1, 0.15) is 17.4 Å². The van der Waals surface area contributed by atoms with Gasteiger partial charge in [-0.15, -0.1) is 0 Å². The molecular formula is C17H22N4O. The Bertz CT molecular complexity index is 688. The van der Waals surface area contributed by atoms with Crippen LogP contribution in [0.3, 0.4) is 0 Å². The second-order valence-corrected chi connectivity index (χ2v) is 5.01. The number of hydrogen-bond acceptors (Lipinski definition) is 3. The molecule has 1 aromatic carbocycles. The van der Waals surface area contributed by atoms with E-state index in [0.29, 0.717) is 0 Å². The minimum absolute atomic E-state index is 0.276. The second-order valence-electron chi connectivity index (χ2n) is 5.01. The number of imidazole rings is 2. The summed E-state index contributed by atoms with van der Waals surface area (Å²) in [7, 11) is 1.69. The van der Waals surface area contributed by atoms with Gasteiger partial charge < -0.3 is 14.3 Å². The average Bonchev–Trinajstić information content (AvgIpc) is 3.18. The average molecular weight is 298 g/mol. The smallest absolute Gasteiger partial charge is 0.119 e. The monoisotopic (exact) mass is 298 g/mol. The highest BCUT2D eigenvalue weighted by Gasteiger charge is 2.09. The van der Waals surface area contributed by atoms with Crippen LogP contribution >= 0.6 is 0 Å². The minimum atomic E-state index is 0.276. The molecule has 0 aliphatic heterocycles. The van der Waals surface area contributed by atoms with E-state index in [9.17, 15) is 0 Å². The minimum Gasteiger partial charge on any atom is -0.497 e. The number of rotatable bonds is 3. The topological polar surface area (TPSA) is 55.7 Å². The maximum Gasteiger partial charge on any atom is 0.119 e. The molecule has 1 unspecified atom stereocenters. The largest absolute Gasteiger partial charge is 0.497 e. The summed E-state index contributed by atoms with van der Waals surface area (Å²) in [5, 5.41) is 0. The van der Waals surface area contributed by atoms with E-state index in [1.807, 2.05) is 38.4 Å². The van der Waals surface area contributed by atoms with Crippen LogP contribution < -0.4 is 4.74 Å². The van der Waals surface area contributed by atoms with Crippen molar-refractivity contribution in [3.8, 4) is 5.75 Å². The Morgan fingerprint density at radius 1 is 1.18 bits per heavy atom. The Balaban J connectivity index is 0.000000246. The third-order valence-electron chi connectivity index (χ3n) is 3.49. The van der Waals surface area contributed by atoms with Crippen LogP contribution in [0.4, 0.5) is 0 Å². The van der Waals surface area contributed by atoms with Crippen molar-refractivity contribution in [1.82, 2.24) is 19.5 Å². The van der Waals surface area contributed by atoms with Gasteiger partial charge in [-0.05, 0) is 38.5 Å². The van der Waals surface area contributed by atoms with Crippen molar-refractivity contribution in [2.45, 2.75) is 26.8 Å². The van der Waals surface area contributed by atoms with E-state index < -0.39 is 0 Å². The fourth-order valence-corrected chi connectivity index (χ4v) is 2.20. The van der Waals surface area contributed by atoms with E-state index in [2.05, 4.69) is 38.6 Å². The fraction of sp³-hybridized carbons (Fsp3) is 0.294. The standard InChI is InChI=1S/C13H16N2O.C4H6N2/c1-10(15-8-7-14-11(15)2)12-5-4-6-13(9-12)16-3;1-4-5-2-3-6-4/h4-10H,1-3H3;2-3H,1H3,(H,5,6). The first-order valence-electron chi connectivity index (χ1n) is 7.21. The summed E-state index contributed by atoms with van der Waals surface area (Å²) >= 11 is 0. The molecule has 5 nitrogen and oxygen atoms in total. The molecule has 0 aliphatic carbocycles. The first-order valence-corrected chi connectivity index (χ1v) is 7.21. The Labute approximate surface area is 131 Å². The molecule has 5 heteroatoms. The zero-order valence-electron chi connectivity index (χ0n) is 13.4. The highest BCUT2D eigenvalue weighted by Crippen LogP contribution is 2.22. The van der Waals surface area contributed by atoms with Gasteiger partial charge in [0.2, 0.25) is 0 Å². The van der Waals surface area contributed by atoms with Gasteiger partial charge in [0, 0.05) is 24.8 Å². The van der Waals surface area contributed by atoms with E-state index in [0.717, 1.165) is 17.4 Å². The van der Waals surface area contributed by atoms with Crippen molar-refractivity contribution in [1.29, 1.82) is 0 Å². The Morgan fingerprint density at radius 3 is 2.50 bits per heavy atom. The molecule has 0 spiro atoms. The number of methoxy groups -OCH3 is 1. The van der Waals surface area contributed by atoms with Gasteiger partial charge in [-0.2, -0.15) is 0 Å². The van der Waals surface area contributed by atoms with Gasteiger partial charge in [-0.1, -0.05) is 12.1 Å². The molecule has 0 fully saturated rings. The number of aromatic nitrogens is 4. The Hall–Kier alpha value is -2.56. The zero-order valence-corrected chi connectivity index (χ0v) is 13.4. The van der Waals surface area contributed by atoms with Crippen LogP contribution in [0.2, 0.25) is 0 Å². The quantitative estimate of drug-likeness (QED) is 0.805. The van der Waals surface area contributed by atoms with Crippen molar-refractivity contribution in [2.24, 2.45) is 0 Å². The van der Waals surface area contributed by atoms with Gasteiger partial charge >= 0.3 is 0 Å². The van der Waals surface area contributed by atoms with Crippen molar-refractivity contribution in [3.05, 3.63) is 66.3 Å². The van der Waals surface area contributed by atoms with Gasteiger partial charge in [0.05, 0.1) is 13.2 Å². The lowest BCUT2D eigenvalue weighted by Gasteiger charge is -2.16. The lowest BCUT2D eigenvalue weighted by Crippen LogP contribution is -2.07. The molecule has 3 rings (SSSR count). The molecule has 1 N–H and O–H groups in total. The van der Waals surface area contributed by atoms with Crippen LogP contribution in [0.1, 0.15) is 30.2 Å². The predicted octanol–water partition coefficient (Wildman–Crippen LogP) is 3.53. The van der Waals surface area contributed by atoms with Gasteiger partial charge in [0.25, 0.3) is 0 Å². The van der Waals surface area contributed by atoms with Crippen molar-refractivity contribution in [2.75, 3.05) is 7.11 Å². The van der Waals surface area contributed by atoms with Gasteiger partial charge in [-0.25, -0.2) is 9.97 Å². The second kappa shape index (κ2) is 7.45. The predicted molar refractivity (Wildman–Crippen MR) is 87.1 cm³/mol. The molecule has 2 heterocycles. The summed E-state index contributed by atoms with van der Waals surface area (Å²) in [4.78, 5) is 11.0. The number of ether oxygens (including phenoxy) is 1. The van der Waals surface area contributed by atoms with Crippen LogP contribution in [0.15, 0.2) is 49.1 Å². The number of aryl methyl sites for hydroxylation is 2. The highest BCUT2D eigenvalue weighted by molar-refractivity contribution is 5.30. The summed E-state index contributed by atoms with van der Waals surface area (Å²) < 4.78 is 7.38. The molecule has 0 radical (unpaired) electrons. The van der Waals surface area contributed by atoms with Crippen LogP contribution in [-0.4, -0.2) is 26.6 Å². The summed E-state index contributed by atoms with van der Waals surface area (Å²) in [6.07, 6.45) is 7.36. The molecule has 116 valence electrons. The molecule has 22 heavy (non-hydrogen) atoms. The van der Waals surface area contributed by atoms with Crippen LogP contribution in [0.5, 0.6) is 5.75 Å². The van der Waals surface area contributed by atoms with Crippen LogP contribution in [-0.2, 0) is 0 Å². The summed E-state index contributed by atoms with van der Waals surface area (Å²) in [5.74, 6) is 2.88. The maximum atomic E-state index is 5.23. The number of nitrogens with zero attached hydrogens (tertiary/aromatic N) is 3. The SMILES string of the molecule is COc1cccc(C(C)n2ccnc2C)c1.Cc1ncc[nH]1. The molecule has 3 aromatic rings.